The van der Waals surface area contributed by atoms with Gasteiger partial charge in [-0.05, 0) is 30.8 Å². The average Bonchev–Trinajstić information content (AvgIpc) is 2.84. The predicted octanol–water partition coefficient (Wildman–Crippen LogP) is 1.56. The fourth-order valence-electron chi connectivity index (χ4n) is 1.58. The lowest BCUT2D eigenvalue weighted by atomic mass is 10.4. The zero-order valence-electron chi connectivity index (χ0n) is 11.4. The number of methoxy groups -OCH3 is 1. The normalized spacial score (nSPS) is 11.9. The van der Waals surface area contributed by atoms with Crippen molar-refractivity contribution in [2.45, 2.75) is 31.2 Å². The molecule has 1 rings (SSSR count). The van der Waals surface area contributed by atoms with Crippen LogP contribution >= 0.6 is 11.3 Å². The van der Waals surface area contributed by atoms with Crippen molar-refractivity contribution in [3.05, 3.63) is 16.3 Å². The molecule has 0 unspecified atom stereocenters. The minimum Gasteiger partial charge on any atom is -0.385 e. The monoisotopic (exact) mass is 306 g/mol. The highest BCUT2D eigenvalue weighted by atomic mass is 32.2. The van der Waals surface area contributed by atoms with E-state index in [1.807, 2.05) is 5.38 Å². The van der Waals surface area contributed by atoms with E-state index in [4.69, 9.17) is 4.74 Å². The van der Waals surface area contributed by atoms with Crippen LogP contribution in [-0.4, -0.2) is 35.2 Å². The van der Waals surface area contributed by atoms with Crippen LogP contribution in [0.3, 0.4) is 0 Å². The maximum Gasteiger partial charge on any atom is 0.241 e. The zero-order valence-corrected chi connectivity index (χ0v) is 13.1. The maximum atomic E-state index is 12.1. The second-order valence-corrected chi connectivity index (χ2v) is 6.86. The van der Waals surface area contributed by atoms with Gasteiger partial charge in [-0.1, -0.05) is 6.92 Å². The molecular weight excluding hydrogens is 284 g/mol. The second kappa shape index (κ2) is 8.65. The van der Waals surface area contributed by atoms with Gasteiger partial charge in [-0.15, -0.1) is 11.3 Å². The summed E-state index contributed by atoms with van der Waals surface area (Å²) < 4.78 is 31.8. The van der Waals surface area contributed by atoms with Crippen LogP contribution in [-0.2, 0) is 21.3 Å². The predicted molar refractivity (Wildman–Crippen MR) is 78.0 cm³/mol. The van der Waals surface area contributed by atoms with E-state index in [9.17, 15) is 8.42 Å². The van der Waals surface area contributed by atoms with Gasteiger partial charge in [-0.3, -0.25) is 0 Å². The van der Waals surface area contributed by atoms with Gasteiger partial charge in [0.2, 0.25) is 10.0 Å². The molecule has 2 N–H and O–H groups in total. The number of thiophene rings is 1. The number of rotatable bonds is 10. The molecule has 110 valence electrons. The molecule has 5 nitrogen and oxygen atoms in total. The molecule has 0 saturated heterocycles. The minimum atomic E-state index is -3.40. The van der Waals surface area contributed by atoms with Crippen molar-refractivity contribution in [3.8, 4) is 0 Å². The smallest absolute Gasteiger partial charge is 0.241 e. The van der Waals surface area contributed by atoms with Crippen LogP contribution < -0.4 is 10.0 Å². The summed E-state index contributed by atoms with van der Waals surface area (Å²) in [5, 5.41) is 5.04. The number of sulfonamides is 1. The lowest BCUT2D eigenvalue weighted by Gasteiger charge is -2.08. The van der Waals surface area contributed by atoms with E-state index in [-0.39, 0.29) is 0 Å². The summed E-state index contributed by atoms with van der Waals surface area (Å²) in [7, 11) is -1.80. The van der Waals surface area contributed by atoms with E-state index in [0.29, 0.717) is 31.0 Å². The lowest BCUT2D eigenvalue weighted by Crippen LogP contribution is -2.26. The standard InChI is InChI=1S/C12H22N2O3S2/c1-3-6-13-10-11-12(5-9-18-11)19(15,16)14-7-4-8-17-2/h5,9,13-14H,3-4,6-8,10H2,1-2H3. The molecule has 0 spiro atoms. The molecule has 0 aliphatic heterocycles. The molecule has 19 heavy (non-hydrogen) atoms. The SMILES string of the molecule is CCCNCc1sccc1S(=O)(=O)NCCCOC. The summed E-state index contributed by atoms with van der Waals surface area (Å²) in [4.78, 5) is 1.24. The Labute approximate surface area is 119 Å². The van der Waals surface area contributed by atoms with Crippen molar-refractivity contribution >= 4 is 21.4 Å². The van der Waals surface area contributed by atoms with Crippen molar-refractivity contribution in [2.75, 3.05) is 26.8 Å². The summed E-state index contributed by atoms with van der Waals surface area (Å²) in [6.07, 6.45) is 1.70. The van der Waals surface area contributed by atoms with E-state index in [2.05, 4.69) is 17.0 Å². The number of nitrogens with one attached hydrogen (secondary N) is 2. The highest BCUT2D eigenvalue weighted by Gasteiger charge is 2.18. The molecule has 1 heterocycles. The van der Waals surface area contributed by atoms with Gasteiger partial charge in [-0.25, -0.2) is 13.1 Å². The quantitative estimate of drug-likeness (QED) is 0.644. The van der Waals surface area contributed by atoms with Crippen LogP contribution in [0.25, 0.3) is 0 Å². The van der Waals surface area contributed by atoms with E-state index in [1.54, 1.807) is 13.2 Å². The minimum absolute atomic E-state index is 0.388. The van der Waals surface area contributed by atoms with Crippen LogP contribution in [0.5, 0.6) is 0 Å². The Balaban J connectivity index is 2.59. The molecule has 0 aromatic carbocycles. The summed E-state index contributed by atoms with van der Waals surface area (Å²) in [6, 6.07) is 1.66. The first-order valence-electron chi connectivity index (χ1n) is 6.37. The largest absolute Gasteiger partial charge is 0.385 e. The fourth-order valence-corrected chi connectivity index (χ4v) is 4.06. The molecule has 1 aromatic heterocycles. The molecule has 0 amide bonds. The Morgan fingerprint density at radius 3 is 2.84 bits per heavy atom. The second-order valence-electron chi connectivity index (χ2n) is 4.13. The van der Waals surface area contributed by atoms with Crippen LogP contribution in [0.2, 0.25) is 0 Å². The van der Waals surface area contributed by atoms with Crippen LogP contribution in [0.15, 0.2) is 16.3 Å². The summed E-state index contributed by atoms with van der Waals surface area (Å²) >= 11 is 1.46. The van der Waals surface area contributed by atoms with Gasteiger partial charge >= 0.3 is 0 Å². The van der Waals surface area contributed by atoms with Crippen molar-refractivity contribution in [1.82, 2.24) is 10.0 Å². The Morgan fingerprint density at radius 1 is 1.37 bits per heavy atom. The third kappa shape index (κ3) is 5.58. The van der Waals surface area contributed by atoms with Gasteiger partial charge in [-0.2, -0.15) is 0 Å². The molecule has 7 heteroatoms. The van der Waals surface area contributed by atoms with Crippen molar-refractivity contribution < 1.29 is 13.2 Å². The van der Waals surface area contributed by atoms with Crippen LogP contribution in [0.4, 0.5) is 0 Å². The maximum absolute atomic E-state index is 12.1. The van der Waals surface area contributed by atoms with Gasteiger partial charge in [0.25, 0.3) is 0 Å². The number of hydrogen-bond donors (Lipinski definition) is 2. The molecule has 0 radical (unpaired) electrons. The molecule has 1 aromatic rings. The van der Waals surface area contributed by atoms with E-state index in [1.165, 1.54) is 11.3 Å². The van der Waals surface area contributed by atoms with Gasteiger partial charge in [0.1, 0.15) is 0 Å². The van der Waals surface area contributed by atoms with Gasteiger partial charge in [0.15, 0.2) is 0 Å². The molecule has 0 aliphatic rings. The van der Waals surface area contributed by atoms with E-state index in [0.717, 1.165) is 17.8 Å². The van der Waals surface area contributed by atoms with Gasteiger partial charge in [0.05, 0.1) is 4.90 Å². The first kappa shape index (κ1) is 16.6. The highest BCUT2D eigenvalue weighted by molar-refractivity contribution is 7.89. The summed E-state index contributed by atoms with van der Waals surface area (Å²) in [5.41, 5.74) is 0. The first-order valence-corrected chi connectivity index (χ1v) is 8.73. The highest BCUT2D eigenvalue weighted by Crippen LogP contribution is 2.21. The summed E-state index contributed by atoms with van der Waals surface area (Å²) in [6.45, 7) is 4.51. The van der Waals surface area contributed by atoms with Crippen molar-refractivity contribution in [3.63, 3.8) is 0 Å². The Morgan fingerprint density at radius 2 is 2.16 bits per heavy atom. The zero-order chi connectivity index (χ0) is 14.1. The molecule has 0 bridgehead atoms. The average molecular weight is 306 g/mol. The Bertz CT molecular complexity index is 457. The first-order chi connectivity index (χ1) is 9.11. The molecule has 0 aliphatic carbocycles. The summed E-state index contributed by atoms with van der Waals surface area (Å²) in [5.74, 6) is 0. The van der Waals surface area contributed by atoms with Crippen LogP contribution in [0.1, 0.15) is 24.6 Å². The number of hydrogen-bond acceptors (Lipinski definition) is 5. The Hall–Kier alpha value is -0.470. The van der Waals surface area contributed by atoms with Crippen molar-refractivity contribution in [1.29, 1.82) is 0 Å². The van der Waals surface area contributed by atoms with Gasteiger partial charge in [0, 0.05) is 31.7 Å². The molecule has 0 saturated carbocycles. The molecule has 0 atom stereocenters. The molecular formula is C12H22N2O3S2. The third-order valence-corrected chi connectivity index (χ3v) is 5.12. The Kier molecular flexibility index (Phi) is 7.55. The van der Waals surface area contributed by atoms with Gasteiger partial charge < -0.3 is 10.1 Å². The number of ether oxygens (including phenoxy) is 1. The third-order valence-electron chi connectivity index (χ3n) is 2.52. The van der Waals surface area contributed by atoms with E-state index < -0.39 is 10.0 Å². The lowest BCUT2D eigenvalue weighted by molar-refractivity contribution is 0.196. The van der Waals surface area contributed by atoms with Crippen molar-refractivity contribution in [2.24, 2.45) is 0 Å². The molecule has 0 fully saturated rings. The van der Waals surface area contributed by atoms with Crippen LogP contribution in [0, 0.1) is 0 Å². The topological polar surface area (TPSA) is 67.4 Å². The fraction of sp³-hybridized carbons (Fsp3) is 0.667. The van der Waals surface area contributed by atoms with E-state index >= 15 is 0 Å².